The molecule has 0 aliphatic heterocycles. The highest BCUT2D eigenvalue weighted by atomic mass is 16.5. The van der Waals surface area contributed by atoms with Crippen molar-refractivity contribution in [2.45, 2.75) is 13.0 Å². The Kier molecular flexibility index (Phi) is 5.50. The Morgan fingerprint density at radius 2 is 2.20 bits per heavy atom. The smallest absolute Gasteiger partial charge is 0.334 e. The number of hydrogen-bond donors (Lipinski definition) is 3. The summed E-state index contributed by atoms with van der Waals surface area (Å²) in [5.41, 5.74) is 1.71. The number of carbonyl (C=O) groups is 2. The SMILES string of the molecule is COC(CNC(=O)Nc1cc(C#N)ccc1C)C(=O)O. The minimum absolute atomic E-state index is 0.158. The van der Waals surface area contributed by atoms with E-state index in [0.717, 1.165) is 5.56 Å². The number of carboxylic acids is 1. The normalized spacial score (nSPS) is 11.2. The van der Waals surface area contributed by atoms with Crippen LogP contribution in [0.5, 0.6) is 0 Å². The standard InChI is InChI=1S/C13H15N3O4/c1-8-3-4-9(6-14)5-10(8)16-13(19)15-7-11(20-2)12(17)18/h3-5,11H,7H2,1-2H3,(H,17,18)(H2,15,16,19). The Labute approximate surface area is 116 Å². The first-order valence-electron chi connectivity index (χ1n) is 5.79. The summed E-state index contributed by atoms with van der Waals surface area (Å²) in [4.78, 5) is 22.4. The van der Waals surface area contributed by atoms with Crippen LogP contribution in [0.2, 0.25) is 0 Å². The average Bonchev–Trinajstić information content (AvgIpc) is 2.41. The number of amides is 2. The van der Waals surface area contributed by atoms with Crippen LogP contribution in [-0.4, -0.2) is 36.9 Å². The van der Waals surface area contributed by atoms with Gasteiger partial charge in [0.05, 0.1) is 18.2 Å². The third-order valence-electron chi connectivity index (χ3n) is 2.62. The Bertz CT molecular complexity index is 551. The van der Waals surface area contributed by atoms with Crippen molar-refractivity contribution in [1.29, 1.82) is 5.26 Å². The summed E-state index contributed by atoms with van der Waals surface area (Å²) in [7, 11) is 1.25. The van der Waals surface area contributed by atoms with E-state index in [0.29, 0.717) is 11.3 Å². The van der Waals surface area contributed by atoms with Gasteiger partial charge < -0.3 is 20.5 Å². The largest absolute Gasteiger partial charge is 0.479 e. The number of carbonyl (C=O) groups excluding carboxylic acids is 1. The molecular formula is C13H15N3O4. The molecule has 0 aromatic heterocycles. The zero-order valence-electron chi connectivity index (χ0n) is 11.1. The van der Waals surface area contributed by atoms with Gasteiger partial charge in [-0.2, -0.15) is 5.26 Å². The van der Waals surface area contributed by atoms with Crippen LogP contribution < -0.4 is 10.6 Å². The molecular weight excluding hydrogens is 262 g/mol. The summed E-state index contributed by atoms with van der Waals surface area (Å²) < 4.78 is 4.69. The van der Waals surface area contributed by atoms with E-state index in [1.54, 1.807) is 25.1 Å². The lowest BCUT2D eigenvalue weighted by Crippen LogP contribution is -2.39. The van der Waals surface area contributed by atoms with Gasteiger partial charge in [-0.25, -0.2) is 9.59 Å². The molecule has 0 saturated carbocycles. The van der Waals surface area contributed by atoms with Crippen LogP contribution in [0.4, 0.5) is 10.5 Å². The molecule has 0 heterocycles. The number of ether oxygens (including phenoxy) is 1. The number of anilines is 1. The van der Waals surface area contributed by atoms with E-state index in [2.05, 4.69) is 15.4 Å². The predicted molar refractivity (Wildman–Crippen MR) is 71.3 cm³/mol. The van der Waals surface area contributed by atoms with Gasteiger partial charge in [-0.3, -0.25) is 0 Å². The minimum atomic E-state index is -1.16. The predicted octanol–water partition coefficient (Wildman–Crippen LogP) is 1.09. The molecule has 0 spiro atoms. The number of nitrogens with zero attached hydrogens (tertiary/aromatic N) is 1. The van der Waals surface area contributed by atoms with Gasteiger partial charge in [0.1, 0.15) is 0 Å². The van der Waals surface area contributed by atoms with Gasteiger partial charge in [-0.15, -0.1) is 0 Å². The summed E-state index contributed by atoms with van der Waals surface area (Å²) in [5.74, 6) is -1.16. The topological polar surface area (TPSA) is 111 Å². The van der Waals surface area contributed by atoms with Crippen molar-refractivity contribution in [1.82, 2.24) is 5.32 Å². The Morgan fingerprint density at radius 3 is 2.75 bits per heavy atom. The molecule has 1 rings (SSSR count). The molecule has 2 amide bonds. The summed E-state index contributed by atoms with van der Waals surface area (Å²) >= 11 is 0. The quantitative estimate of drug-likeness (QED) is 0.745. The summed E-state index contributed by atoms with van der Waals surface area (Å²) in [5, 5.41) is 22.5. The lowest BCUT2D eigenvalue weighted by molar-refractivity contribution is -0.147. The number of hydrogen-bond acceptors (Lipinski definition) is 4. The number of carboxylic acid groups (broad SMARTS) is 1. The van der Waals surface area contributed by atoms with Gasteiger partial charge in [-0.1, -0.05) is 6.07 Å². The number of nitrogens with one attached hydrogen (secondary N) is 2. The van der Waals surface area contributed by atoms with Gasteiger partial charge in [0.25, 0.3) is 0 Å². The Hall–Kier alpha value is -2.59. The molecule has 0 fully saturated rings. The second-order valence-electron chi connectivity index (χ2n) is 4.04. The number of urea groups is 1. The van der Waals surface area contributed by atoms with Crippen LogP contribution in [0.3, 0.4) is 0 Å². The van der Waals surface area contributed by atoms with E-state index >= 15 is 0 Å². The van der Waals surface area contributed by atoms with Crippen molar-refractivity contribution >= 4 is 17.7 Å². The number of rotatable bonds is 5. The molecule has 1 atom stereocenters. The fraction of sp³-hybridized carbons (Fsp3) is 0.308. The fourth-order valence-electron chi connectivity index (χ4n) is 1.45. The first kappa shape index (κ1) is 15.5. The van der Waals surface area contributed by atoms with Crippen molar-refractivity contribution in [2.24, 2.45) is 0 Å². The lowest BCUT2D eigenvalue weighted by Gasteiger charge is -2.13. The van der Waals surface area contributed by atoms with Crippen molar-refractivity contribution in [3.8, 4) is 6.07 Å². The summed E-state index contributed by atoms with van der Waals surface area (Å²) in [6.07, 6.45) is -1.10. The minimum Gasteiger partial charge on any atom is -0.479 e. The zero-order valence-corrected chi connectivity index (χ0v) is 11.1. The number of benzene rings is 1. The highest BCUT2D eigenvalue weighted by Crippen LogP contribution is 2.16. The first-order valence-corrected chi connectivity index (χ1v) is 5.79. The molecule has 3 N–H and O–H groups in total. The van der Waals surface area contributed by atoms with Gasteiger partial charge >= 0.3 is 12.0 Å². The van der Waals surface area contributed by atoms with Crippen LogP contribution in [0.15, 0.2) is 18.2 Å². The second-order valence-corrected chi connectivity index (χ2v) is 4.04. The van der Waals surface area contributed by atoms with Crippen LogP contribution >= 0.6 is 0 Å². The molecule has 1 aromatic rings. The summed E-state index contributed by atoms with van der Waals surface area (Å²) in [6.45, 7) is 1.63. The molecule has 1 aromatic carbocycles. The highest BCUT2D eigenvalue weighted by molar-refractivity contribution is 5.90. The van der Waals surface area contributed by atoms with E-state index in [1.165, 1.54) is 7.11 Å². The fourth-order valence-corrected chi connectivity index (χ4v) is 1.45. The van der Waals surface area contributed by atoms with Crippen LogP contribution in [0, 0.1) is 18.3 Å². The molecule has 7 heteroatoms. The number of aliphatic carboxylic acids is 1. The monoisotopic (exact) mass is 277 g/mol. The number of nitriles is 1. The summed E-state index contributed by atoms with van der Waals surface area (Å²) in [6, 6.07) is 6.31. The van der Waals surface area contributed by atoms with Gasteiger partial charge in [-0.05, 0) is 24.6 Å². The molecule has 0 aliphatic rings. The molecule has 1 unspecified atom stereocenters. The number of aryl methyl sites for hydroxylation is 1. The van der Waals surface area contributed by atoms with Crippen LogP contribution in [-0.2, 0) is 9.53 Å². The Morgan fingerprint density at radius 1 is 1.50 bits per heavy atom. The molecule has 20 heavy (non-hydrogen) atoms. The molecule has 0 aliphatic carbocycles. The molecule has 0 saturated heterocycles. The van der Waals surface area contributed by atoms with Crippen LogP contribution in [0.1, 0.15) is 11.1 Å². The average molecular weight is 277 g/mol. The van der Waals surface area contributed by atoms with Gasteiger partial charge in [0.2, 0.25) is 0 Å². The van der Waals surface area contributed by atoms with E-state index in [9.17, 15) is 9.59 Å². The molecule has 0 bridgehead atoms. The van der Waals surface area contributed by atoms with Crippen molar-refractivity contribution in [3.05, 3.63) is 29.3 Å². The van der Waals surface area contributed by atoms with Crippen molar-refractivity contribution in [2.75, 3.05) is 19.0 Å². The van der Waals surface area contributed by atoms with E-state index in [1.807, 2.05) is 6.07 Å². The van der Waals surface area contributed by atoms with E-state index in [4.69, 9.17) is 10.4 Å². The van der Waals surface area contributed by atoms with Crippen molar-refractivity contribution < 1.29 is 19.4 Å². The third kappa shape index (κ3) is 4.26. The lowest BCUT2D eigenvalue weighted by atomic mass is 10.1. The third-order valence-corrected chi connectivity index (χ3v) is 2.62. The maximum Gasteiger partial charge on any atom is 0.334 e. The molecule has 7 nitrogen and oxygen atoms in total. The van der Waals surface area contributed by atoms with Gasteiger partial charge in [0, 0.05) is 12.8 Å². The van der Waals surface area contributed by atoms with Crippen LogP contribution in [0.25, 0.3) is 0 Å². The Balaban J connectivity index is 2.63. The first-order chi connectivity index (χ1) is 9.47. The second kappa shape index (κ2) is 7.11. The van der Waals surface area contributed by atoms with Crippen molar-refractivity contribution in [3.63, 3.8) is 0 Å². The maximum absolute atomic E-state index is 11.7. The van der Waals surface area contributed by atoms with E-state index < -0.39 is 18.1 Å². The van der Waals surface area contributed by atoms with Gasteiger partial charge in [0.15, 0.2) is 6.10 Å². The maximum atomic E-state index is 11.7. The van der Waals surface area contributed by atoms with E-state index in [-0.39, 0.29) is 6.54 Å². The number of methoxy groups -OCH3 is 1. The molecule has 0 radical (unpaired) electrons. The zero-order chi connectivity index (χ0) is 15.1. The molecule has 106 valence electrons. The highest BCUT2D eigenvalue weighted by Gasteiger charge is 2.17.